The molecule has 178 valence electrons. The van der Waals surface area contributed by atoms with Gasteiger partial charge in [-0.3, -0.25) is 19.0 Å². The summed E-state index contributed by atoms with van der Waals surface area (Å²) in [6, 6.07) is -0.00621. The highest BCUT2D eigenvalue weighted by Crippen LogP contribution is 2.29. The van der Waals surface area contributed by atoms with Crippen molar-refractivity contribution in [3.8, 4) is 5.88 Å². The lowest BCUT2D eigenvalue weighted by Gasteiger charge is -2.17. The van der Waals surface area contributed by atoms with E-state index in [1.165, 1.54) is 23.8 Å². The topological polar surface area (TPSA) is 109 Å². The zero-order chi connectivity index (χ0) is 24.1. The molecule has 0 aromatic carbocycles. The number of rotatable bonds is 6. The van der Waals surface area contributed by atoms with Crippen LogP contribution < -0.4 is 10.9 Å². The number of hydrogen-bond donors (Lipinski definition) is 2. The number of carbonyl (C=O) groups is 2. The Hall–Kier alpha value is -3.24. The number of nitrogens with zero attached hydrogens (tertiary/aromatic N) is 4. The average molecular weight is 463 g/mol. The van der Waals surface area contributed by atoms with E-state index in [0.29, 0.717) is 5.56 Å². The van der Waals surface area contributed by atoms with Gasteiger partial charge in [-0.25, -0.2) is 8.78 Å². The van der Waals surface area contributed by atoms with E-state index in [1.54, 1.807) is 0 Å². The van der Waals surface area contributed by atoms with Gasteiger partial charge in [0.15, 0.2) is 5.56 Å². The Morgan fingerprint density at radius 1 is 1.36 bits per heavy atom. The molecule has 9 nitrogen and oxygen atoms in total. The van der Waals surface area contributed by atoms with Crippen LogP contribution in [0.25, 0.3) is 11.7 Å². The molecule has 11 heteroatoms. The van der Waals surface area contributed by atoms with Crippen molar-refractivity contribution in [2.45, 2.75) is 58.5 Å². The van der Waals surface area contributed by atoms with Crippen molar-refractivity contribution in [3.63, 3.8) is 0 Å². The predicted molar refractivity (Wildman–Crippen MR) is 116 cm³/mol. The molecule has 2 amide bonds. The van der Waals surface area contributed by atoms with E-state index in [1.807, 2.05) is 13.8 Å². The smallest absolute Gasteiger partial charge is 0.270 e. The summed E-state index contributed by atoms with van der Waals surface area (Å²) in [5, 5.41) is 17.6. The summed E-state index contributed by atoms with van der Waals surface area (Å²) in [6.45, 7) is 4.87. The van der Waals surface area contributed by atoms with Gasteiger partial charge in [-0.2, -0.15) is 9.61 Å². The molecular weight excluding hydrogens is 436 g/mol. The van der Waals surface area contributed by atoms with Crippen molar-refractivity contribution in [2.75, 3.05) is 13.1 Å². The molecule has 1 saturated heterocycles. The molecular formula is C22H27F2N5O4. The first-order valence-corrected chi connectivity index (χ1v) is 11.0. The molecule has 0 spiro atoms. The number of aromatic hydroxyl groups is 1. The summed E-state index contributed by atoms with van der Waals surface area (Å²) in [7, 11) is 0. The maximum Gasteiger partial charge on any atom is 0.270 e. The predicted octanol–water partition coefficient (Wildman–Crippen LogP) is 2.02. The number of carbonyl (C=O) groups excluding carboxylic acids is 2. The molecule has 2 aromatic heterocycles. The Morgan fingerprint density at radius 2 is 2.06 bits per heavy atom. The quantitative estimate of drug-likeness (QED) is 0.637. The minimum absolute atomic E-state index is 0.00621. The van der Waals surface area contributed by atoms with Gasteiger partial charge in [0.2, 0.25) is 11.8 Å². The number of fused-ring (bicyclic) bond motifs is 1. The molecule has 0 atom stereocenters. The van der Waals surface area contributed by atoms with Crippen molar-refractivity contribution in [1.29, 1.82) is 0 Å². The zero-order valence-corrected chi connectivity index (χ0v) is 18.8. The van der Waals surface area contributed by atoms with E-state index in [2.05, 4.69) is 10.4 Å². The molecule has 4 rings (SSSR count). The molecule has 33 heavy (non-hydrogen) atoms. The Bertz CT molecular complexity index is 1210. The number of alkyl halides is 2. The summed E-state index contributed by atoms with van der Waals surface area (Å²) in [4.78, 5) is 39.7. The van der Waals surface area contributed by atoms with Crippen LogP contribution in [-0.2, 0) is 11.3 Å². The average Bonchev–Trinajstić information content (AvgIpc) is 3.32. The first-order chi connectivity index (χ1) is 15.5. The Labute approximate surface area is 188 Å². The van der Waals surface area contributed by atoms with Crippen LogP contribution in [-0.4, -0.2) is 61.1 Å². The van der Waals surface area contributed by atoms with E-state index in [0.717, 1.165) is 22.3 Å². The van der Waals surface area contributed by atoms with E-state index in [-0.39, 0.29) is 48.3 Å². The molecule has 2 N–H and O–H groups in total. The van der Waals surface area contributed by atoms with Gasteiger partial charge in [0, 0.05) is 36.7 Å². The highest BCUT2D eigenvalue weighted by atomic mass is 19.3. The second kappa shape index (κ2) is 8.27. The number of aromatic nitrogens is 3. The molecule has 3 heterocycles. The molecule has 0 bridgehead atoms. The van der Waals surface area contributed by atoms with Crippen LogP contribution in [0.1, 0.15) is 56.0 Å². The molecule has 1 aliphatic carbocycles. The van der Waals surface area contributed by atoms with E-state index >= 15 is 0 Å². The summed E-state index contributed by atoms with van der Waals surface area (Å²) in [6.07, 6.45) is 4.09. The summed E-state index contributed by atoms with van der Waals surface area (Å²) >= 11 is 0. The number of likely N-dealkylation sites (tertiary alicyclic amines) is 1. The monoisotopic (exact) mass is 463 g/mol. The maximum absolute atomic E-state index is 13.5. The first-order valence-electron chi connectivity index (χ1n) is 11.0. The second-order valence-corrected chi connectivity index (χ2v) is 9.25. The third-order valence-electron chi connectivity index (χ3n) is 5.76. The fourth-order valence-corrected chi connectivity index (χ4v) is 3.99. The molecule has 0 radical (unpaired) electrons. The van der Waals surface area contributed by atoms with Crippen LogP contribution in [0.5, 0.6) is 5.88 Å². The largest absolute Gasteiger partial charge is 0.492 e. The van der Waals surface area contributed by atoms with Gasteiger partial charge in [0.05, 0.1) is 12.7 Å². The standard InChI is InChI=1S/C22H27F2N5O4/c1-12(2)10-28-18-14(8-13(3)19(31)27-7-6-22(23,24)11-27)9-25-29(18)21(33)16(20(28)32)17(30)26-15-4-5-15/h8-9,12,15,33H,4-7,10-11H2,1-3H3,(H,26,30). The van der Waals surface area contributed by atoms with Crippen LogP contribution in [0.2, 0.25) is 0 Å². The number of nitrogens with one attached hydrogen (secondary N) is 1. The van der Waals surface area contributed by atoms with Crippen LogP contribution in [0.3, 0.4) is 0 Å². The lowest BCUT2D eigenvalue weighted by Crippen LogP contribution is -2.36. The zero-order valence-electron chi connectivity index (χ0n) is 18.8. The molecule has 1 aliphatic heterocycles. The Kier molecular flexibility index (Phi) is 5.75. The molecule has 0 unspecified atom stereocenters. The van der Waals surface area contributed by atoms with Crippen LogP contribution in [0, 0.1) is 5.92 Å². The summed E-state index contributed by atoms with van der Waals surface area (Å²) < 4.78 is 29.5. The second-order valence-electron chi connectivity index (χ2n) is 9.25. The van der Waals surface area contributed by atoms with Crippen molar-refractivity contribution in [3.05, 3.63) is 33.3 Å². The Balaban J connectivity index is 1.78. The van der Waals surface area contributed by atoms with E-state index in [4.69, 9.17) is 0 Å². The van der Waals surface area contributed by atoms with Crippen molar-refractivity contribution in [2.24, 2.45) is 5.92 Å². The van der Waals surface area contributed by atoms with Crippen LogP contribution in [0.15, 0.2) is 16.6 Å². The normalized spacial score (nSPS) is 18.4. The van der Waals surface area contributed by atoms with Crippen LogP contribution in [0.4, 0.5) is 8.78 Å². The number of amides is 2. The lowest BCUT2D eigenvalue weighted by molar-refractivity contribution is -0.127. The SMILES string of the molecule is CC(=Cc1cnn2c(O)c(C(=O)NC3CC3)c(=O)n(CC(C)C)c12)C(=O)N1CCC(F)(F)C1. The van der Waals surface area contributed by atoms with Gasteiger partial charge in [-0.05, 0) is 31.8 Å². The van der Waals surface area contributed by atoms with Gasteiger partial charge < -0.3 is 15.3 Å². The van der Waals surface area contributed by atoms with Gasteiger partial charge in [0.1, 0.15) is 5.65 Å². The molecule has 1 saturated carbocycles. The van der Waals surface area contributed by atoms with E-state index < -0.39 is 35.7 Å². The molecule has 2 fully saturated rings. The highest BCUT2D eigenvalue weighted by molar-refractivity contribution is 5.99. The van der Waals surface area contributed by atoms with Crippen molar-refractivity contribution in [1.82, 2.24) is 24.4 Å². The fourth-order valence-electron chi connectivity index (χ4n) is 3.99. The van der Waals surface area contributed by atoms with Gasteiger partial charge >= 0.3 is 0 Å². The molecule has 2 aliphatic rings. The van der Waals surface area contributed by atoms with Gasteiger partial charge in [0.25, 0.3) is 17.4 Å². The third-order valence-corrected chi connectivity index (χ3v) is 5.76. The van der Waals surface area contributed by atoms with Gasteiger partial charge in [-0.1, -0.05) is 13.8 Å². The lowest BCUT2D eigenvalue weighted by atomic mass is 10.1. The van der Waals surface area contributed by atoms with Gasteiger partial charge in [-0.15, -0.1) is 0 Å². The third kappa shape index (κ3) is 4.49. The van der Waals surface area contributed by atoms with Crippen LogP contribution >= 0.6 is 0 Å². The minimum Gasteiger partial charge on any atom is -0.492 e. The van der Waals surface area contributed by atoms with Crippen molar-refractivity contribution >= 4 is 23.5 Å². The van der Waals surface area contributed by atoms with E-state index in [9.17, 15) is 28.3 Å². The summed E-state index contributed by atoms with van der Waals surface area (Å²) in [5.41, 5.74) is -0.283. The summed E-state index contributed by atoms with van der Waals surface area (Å²) in [5.74, 6) is -4.66. The number of halogens is 2. The minimum atomic E-state index is -2.90. The number of hydrogen-bond acceptors (Lipinski definition) is 5. The van der Waals surface area contributed by atoms with Crippen molar-refractivity contribution < 1.29 is 23.5 Å². The highest BCUT2D eigenvalue weighted by Gasteiger charge is 2.40. The fraction of sp³-hybridized carbons (Fsp3) is 0.545. The Morgan fingerprint density at radius 3 is 2.64 bits per heavy atom. The first kappa shape index (κ1) is 22.9. The molecule has 2 aromatic rings. The maximum atomic E-state index is 13.5.